The predicted molar refractivity (Wildman–Crippen MR) is 76.2 cm³/mol. The lowest BCUT2D eigenvalue weighted by Crippen LogP contribution is -1.95. The second-order valence-corrected chi connectivity index (χ2v) is 4.58. The second kappa shape index (κ2) is 5.13. The van der Waals surface area contributed by atoms with E-state index in [4.69, 9.17) is 10.5 Å². The van der Waals surface area contributed by atoms with Crippen LogP contribution >= 0.6 is 0 Å². The molecule has 0 bridgehead atoms. The summed E-state index contributed by atoms with van der Waals surface area (Å²) >= 11 is 0. The lowest BCUT2D eigenvalue weighted by Gasteiger charge is -2.11. The van der Waals surface area contributed by atoms with Gasteiger partial charge in [0.1, 0.15) is 5.75 Å². The highest BCUT2D eigenvalue weighted by Crippen LogP contribution is 2.30. The van der Waals surface area contributed by atoms with Crippen LogP contribution in [0.3, 0.4) is 0 Å². The highest BCUT2D eigenvalue weighted by atomic mass is 16.5. The number of nitrogens with two attached hydrogens (primary N) is 1. The molecule has 0 aromatic heterocycles. The summed E-state index contributed by atoms with van der Waals surface area (Å²) in [4.78, 5) is 0. The van der Waals surface area contributed by atoms with E-state index in [-0.39, 0.29) is 0 Å². The van der Waals surface area contributed by atoms with Gasteiger partial charge >= 0.3 is 0 Å². The normalized spacial score (nSPS) is 10.4. The summed E-state index contributed by atoms with van der Waals surface area (Å²) in [7, 11) is 0. The average molecular weight is 241 g/mol. The summed E-state index contributed by atoms with van der Waals surface area (Å²) < 4.78 is 5.86. The van der Waals surface area contributed by atoms with Crippen LogP contribution in [0.25, 0.3) is 0 Å². The molecule has 2 nitrogen and oxygen atoms in total. The van der Waals surface area contributed by atoms with Gasteiger partial charge < -0.3 is 10.5 Å². The first-order chi connectivity index (χ1) is 8.60. The van der Waals surface area contributed by atoms with Gasteiger partial charge in [-0.15, -0.1) is 0 Å². The van der Waals surface area contributed by atoms with Crippen molar-refractivity contribution >= 4 is 5.69 Å². The smallest absolute Gasteiger partial charge is 0.150 e. The van der Waals surface area contributed by atoms with Crippen LogP contribution < -0.4 is 10.5 Å². The van der Waals surface area contributed by atoms with E-state index < -0.39 is 0 Å². The van der Waals surface area contributed by atoms with Crippen molar-refractivity contribution in [3.63, 3.8) is 0 Å². The van der Waals surface area contributed by atoms with Crippen molar-refractivity contribution in [2.45, 2.75) is 27.2 Å². The van der Waals surface area contributed by atoms with Gasteiger partial charge in [-0.2, -0.15) is 0 Å². The second-order valence-electron chi connectivity index (χ2n) is 4.58. The monoisotopic (exact) mass is 241 g/mol. The summed E-state index contributed by atoms with van der Waals surface area (Å²) in [6, 6.07) is 12.0. The molecule has 18 heavy (non-hydrogen) atoms. The minimum Gasteiger partial charge on any atom is -0.455 e. The van der Waals surface area contributed by atoms with Gasteiger partial charge in [-0.3, -0.25) is 0 Å². The molecule has 0 radical (unpaired) electrons. The number of rotatable bonds is 3. The minimum atomic E-state index is 0.681. The third-order valence-electron chi connectivity index (χ3n) is 3.16. The summed E-state index contributed by atoms with van der Waals surface area (Å²) in [5.74, 6) is 1.57. The van der Waals surface area contributed by atoms with Gasteiger partial charge in [0.2, 0.25) is 0 Å². The highest BCUT2D eigenvalue weighted by molar-refractivity contribution is 5.57. The van der Waals surface area contributed by atoms with Crippen LogP contribution in [0.4, 0.5) is 5.69 Å². The SMILES string of the molecule is CCc1cccc(Oc2cc(C)c(C)cc2N)c1. The molecule has 0 aliphatic carbocycles. The third-order valence-corrected chi connectivity index (χ3v) is 3.16. The summed E-state index contributed by atoms with van der Waals surface area (Å²) in [5, 5.41) is 0. The largest absolute Gasteiger partial charge is 0.455 e. The van der Waals surface area contributed by atoms with Gasteiger partial charge in [0.15, 0.2) is 5.75 Å². The molecule has 2 N–H and O–H groups in total. The maximum absolute atomic E-state index is 5.98. The predicted octanol–water partition coefficient (Wildman–Crippen LogP) is 4.24. The van der Waals surface area contributed by atoms with E-state index in [1.54, 1.807) is 0 Å². The molecule has 0 saturated heterocycles. The Hall–Kier alpha value is -1.96. The van der Waals surface area contributed by atoms with Gasteiger partial charge in [-0.25, -0.2) is 0 Å². The van der Waals surface area contributed by atoms with Gasteiger partial charge in [-0.05, 0) is 61.2 Å². The maximum atomic E-state index is 5.98. The Morgan fingerprint density at radius 1 is 1.06 bits per heavy atom. The van der Waals surface area contributed by atoms with Crippen LogP contribution in [-0.2, 0) is 6.42 Å². The van der Waals surface area contributed by atoms with E-state index in [0.29, 0.717) is 5.69 Å². The minimum absolute atomic E-state index is 0.681. The molecule has 0 aliphatic rings. The van der Waals surface area contributed by atoms with Crippen molar-refractivity contribution in [3.8, 4) is 11.5 Å². The van der Waals surface area contributed by atoms with E-state index in [0.717, 1.165) is 17.9 Å². The van der Waals surface area contributed by atoms with E-state index in [1.165, 1.54) is 16.7 Å². The maximum Gasteiger partial charge on any atom is 0.150 e. The fourth-order valence-corrected chi connectivity index (χ4v) is 1.86. The zero-order chi connectivity index (χ0) is 13.1. The van der Waals surface area contributed by atoms with Gasteiger partial charge in [0.25, 0.3) is 0 Å². The third kappa shape index (κ3) is 2.65. The number of benzene rings is 2. The number of aryl methyl sites for hydroxylation is 3. The summed E-state index contributed by atoms with van der Waals surface area (Å²) in [6.07, 6.45) is 1.000. The molecule has 0 heterocycles. The van der Waals surface area contributed by atoms with Crippen molar-refractivity contribution in [2.75, 3.05) is 5.73 Å². The van der Waals surface area contributed by atoms with Gasteiger partial charge in [-0.1, -0.05) is 19.1 Å². The molecule has 0 amide bonds. The molecule has 0 atom stereocenters. The van der Waals surface area contributed by atoms with Crippen LogP contribution in [0.15, 0.2) is 36.4 Å². The molecule has 94 valence electrons. The standard InChI is InChI=1S/C16H19NO/c1-4-13-6-5-7-14(10-13)18-16-9-12(3)11(2)8-15(16)17/h5-10H,4,17H2,1-3H3. The van der Waals surface area contributed by atoms with Crippen molar-refractivity contribution in [2.24, 2.45) is 0 Å². The van der Waals surface area contributed by atoms with E-state index in [1.807, 2.05) is 31.2 Å². The molecule has 0 fully saturated rings. The van der Waals surface area contributed by atoms with Crippen LogP contribution in [0, 0.1) is 13.8 Å². The van der Waals surface area contributed by atoms with Crippen LogP contribution in [0.1, 0.15) is 23.6 Å². The fraction of sp³-hybridized carbons (Fsp3) is 0.250. The molecule has 0 saturated carbocycles. The van der Waals surface area contributed by atoms with Crippen molar-refractivity contribution < 1.29 is 4.74 Å². The Morgan fingerprint density at radius 3 is 2.50 bits per heavy atom. The Labute approximate surface area is 108 Å². The van der Waals surface area contributed by atoms with Crippen LogP contribution in [-0.4, -0.2) is 0 Å². The number of anilines is 1. The van der Waals surface area contributed by atoms with Crippen LogP contribution in [0.5, 0.6) is 11.5 Å². The number of nitrogen functional groups attached to an aromatic ring is 1. The fourth-order valence-electron chi connectivity index (χ4n) is 1.86. The van der Waals surface area contributed by atoms with E-state index in [2.05, 4.69) is 26.0 Å². The lowest BCUT2D eigenvalue weighted by molar-refractivity contribution is 0.484. The summed E-state index contributed by atoms with van der Waals surface area (Å²) in [5.41, 5.74) is 10.3. The van der Waals surface area contributed by atoms with Crippen LogP contribution in [0.2, 0.25) is 0 Å². The molecule has 2 aromatic rings. The highest BCUT2D eigenvalue weighted by Gasteiger charge is 2.05. The molecule has 0 aliphatic heterocycles. The van der Waals surface area contributed by atoms with Crippen molar-refractivity contribution in [3.05, 3.63) is 53.1 Å². The Kier molecular flexibility index (Phi) is 3.56. The van der Waals surface area contributed by atoms with E-state index >= 15 is 0 Å². The molecular formula is C16H19NO. The number of hydrogen-bond donors (Lipinski definition) is 1. The zero-order valence-electron chi connectivity index (χ0n) is 11.2. The Balaban J connectivity index is 2.30. The first-order valence-electron chi connectivity index (χ1n) is 6.23. The Bertz CT molecular complexity index is 561. The molecule has 0 unspecified atom stereocenters. The quantitative estimate of drug-likeness (QED) is 0.816. The van der Waals surface area contributed by atoms with Gasteiger partial charge in [0.05, 0.1) is 5.69 Å². The van der Waals surface area contributed by atoms with Crippen molar-refractivity contribution in [1.29, 1.82) is 0 Å². The molecule has 2 aromatic carbocycles. The first-order valence-corrected chi connectivity index (χ1v) is 6.23. The number of hydrogen-bond acceptors (Lipinski definition) is 2. The molecule has 2 rings (SSSR count). The summed E-state index contributed by atoms with van der Waals surface area (Å²) in [6.45, 7) is 6.24. The lowest BCUT2D eigenvalue weighted by atomic mass is 10.1. The van der Waals surface area contributed by atoms with Crippen molar-refractivity contribution in [1.82, 2.24) is 0 Å². The molecule has 2 heteroatoms. The first kappa shape index (κ1) is 12.5. The molecular weight excluding hydrogens is 222 g/mol. The Morgan fingerprint density at radius 2 is 1.78 bits per heavy atom. The zero-order valence-corrected chi connectivity index (χ0v) is 11.2. The average Bonchev–Trinajstić information content (AvgIpc) is 2.36. The number of ether oxygens (including phenoxy) is 1. The van der Waals surface area contributed by atoms with Gasteiger partial charge in [0, 0.05) is 0 Å². The topological polar surface area (TPSA) is 35.2 Å². The molecule has 0 spiro atoms. The van der Waals surface area contributed by atoms with E-state index in [9.17, 15) is 0 Å².